The minimum Gasteiger partial charge on any atom is -0.378 e. The Bertz CT molecular complexity index is 1480. The monoisotopic (exact) mass is 478 g/mol. The molecule has 1 saturated heterocycles. The van der Waals surface area contributed by atoms with Crippen molar-refractivity contribution in [2.45, 2.75) is 6.42 Å². The van der Waals surface area contributed by atoms with E-state index in [4.69, 9.17) is 4.74 Å². The van der Waals surface area contributed by atoms with Gasteiger partial charge in [0, 0.05) is 47.3 Å². The largest absolute Gasteiger partial charge is 0.378 e. The second kappa shape index (κ2) is 9.67. The van der Waals surface area contributed by atoms with Gasteiger partial charge in [0.15, 0.2) is 0 Å². The van der Waals surface area contributed by atoms with Gasteiger partial charge >= 0.3 is 0 Å². The van der Waals surface area contributed by atoms with Gasteiger partial charge in [-0.1, -0.05) is 42.5 Å². The zero-order valence-electron chi connectivity index (χ0n) is 19.7. The van der Waals surface area contributed by atoms with E-state index in [1.54, 1.807) is 0 Å². The SMILES string of the molecule is O=C(Cc1cc(-c2ccccc2)n[nH]1)Nc1ccc(-c2cc3c(N4CCOCC4)nccc3[nH]2)cc1. The summed E-state index contributed by atoms with van der Waals surface area (Å²) in [6, 6.07) is 23.8. The Morgan fingerprint density at radius 2 is 1.78 bits per heavy atom. The predicted molar refractivity (Wildman–Crippen MR) is 141 cm³/mol. The molecule has 3 aromatic heterocycles. The van der Waals surface area contributed by atoms with Gasteiger partial charge in [0.1, 0.15) is 5.82 Å². The van der Waals surface area contributed by atoms with E-state index < -0.39 is 0 Å². The zero-order valence-corrected chi connectivity index (χ0v) is 19.7. The molecule has 0 unspecified atom stereocenters. The number of pyridine rings is 1. The summed E-state index contributed by atoms with van der Waals surface area (Å²) in [5.41, 5.74) is 6.46. The minimum atomic E-state index is -0.0992. The van der Waals surface area contributed by atoms with Crippen molar-refractivity contribution >= 4 is 28.3 Å². The first-order valence-electron chi connectivity index (χ1n) is 12.0. The summed E-state index contributed by atoms with van der Waals surface area (Å²) in [6.07, 6.45) is 2.06. The number of amides is 1. The van der Waals surface area contributed by atoms with Crippen LogP contribution in [0.25, 0.3) is 33.4 Å². The fourth-order valence-electron chi connectivity index (χ4n) is 4.54. The van der Waals surface area contributed by atoms with Crippen LogP contribution in [0.5, 0.6) is 0 Å². The Morgan fingerprint density at radius 1 is 0.972 bits per heavy atom. The molecule has 1 amide bonds. The third kappa shape index (κ3) is 4.58. The van der Waals surface area contributed by atoms with Crippen molar-refractivity contribution in [3.8, 4) is 22.5 Å². The predicted octanol–water partition coefficient (Wildman–Crippen LogP) is 4.64. The topological polar surface area (TPSA) is 98.9 Å². The number of hydrogen-bond acceptors (Lipinski definition) is 5. The summed E-state index contributed by atoms with van der Waals surface area (Å²) in [5.74, 6) is 0.884. The summed E-state index contributed by atoms with van der Waals surface area (Å²) in [6.45, 7) is 3.12. The van der Waals surface area contributed by atoms with Gasteiger partial charge in [0.25, 0.3) is 0 Å². The molecule has 36 heavy (non-hydrogen) atoms. The average molecular weight is 479 g/mol. The number of nitrogens with one attached hydrogen (secondary N) is 3. The molecule has 8 heteroatoms. The van der Waals surface area contributed by atoms with Gasteiger partial charge in [-0.05, 0) is 35.9 Å². The molecule has 1 aliphatic heterocycles. The highest BCUT2D eigenvalue weighted by Gasteiger charge is 2.17. The fraction of sp³-hybridized carbons (Fsp3) is 0.179. The molecule has 8 nitrogen and oxygen atoms in total. The van der Waals surface area contributed by atoms with Crippen molar-refractivity contribution in [2.75, 3.05) is 36.5 Å². The number of H-pyrrole nitrogens is 2. The molecule has 0 aliphatic carbocycles. The number of rotatable bonds is 6. The number of nitrogens with zero attached hydrogens (tertiary/aromatic N) is 3. The molecule has 4 heterocycles. The van der Waals surface area contributed by atoms with Crippen LogP contribution in [0.15, 0.2) is 79.0 Å². The second-order valence-corrected chi connectivity index (χ2v) is 8.82. The Morgan fingerprint density at radius 3 is 2.58 bits per heavy atom. The summed E-state index contributed by atoms with van der Waals surface area (Å²) >= 11 is 0. The normalized spacial score (nSPS) is 13.7. The lowest BCUT2D eigenvalue weighted by Crippen LogP contribution is -2.36. The highest BCUT2D eigenvalue weighted by molar-refractivity contribution is 5.95. The van der Waals surface area contributed by atoms with Gasteiger partial charge in [0.2, 0.25) is 5.91 Å². The third-order valence-electron chi connectivity index (χ3n) is 6.37. The van der Waals surface area contributed by atoms with E-state index in [0.29, 0.717) is 0 Å². The van der Waals surface area contributed by atoms with Gasteiger partial charge < -0.3 is 19.9 Å². The van der Waals surface area contributed by atoms with Crippen molar-refractivity contribution < 1.29 is 9.53 Å². The Balaban J connectivity index is 1.14. The van der Waals surface area contributed by atoms with Crippen LogP contribution in [-0.2, 0) is 16.0 Å². The molecule has 0 atom stereocenters. The smallest absolute Gasteiger partial charge is 0.230 e. The number of morpholine rings is 1. The molecule has 2 aromatic carbocycles. The first kappa shape index (κ1) is 22.1. The van der Waals surface area contributed by atoms with Gasteiger partial charge in [-0.2, -0.15) is 5.10 Å². The van der Waals surface area contributed by atoms with E-state index in [1.807, 2.05) is 72.9 Å². The number of carbonyl (C=O) groups is 1. The molecule has 0 spiro atoms. The summed E-state index contributed by atoms with van der Waals surface area (Å²) in [4.78, 5) is 23.0. The van der Waals surface area contributed by atoms with Gasteiger partial charge in [0.05, 0.1) is 30.8 Å². The lowest BCUT2D eigenvalue weighted by atomic mass is 10.1. The van der Waals surface area contributed by atoms with Crippen LogP contribution >= 0.6 is 0 Å². The number of aromatic amines is 2. The number of ether oxygens (including phenoxy) is 1. The number of anilines is 2. The van der Waals surface area contributed by atoms with Gasteiger partial charge in [-0.25, -0.2) is 4.98 Å². The van der Waals surface area contributed by atoms with Crippen LogP contribution < -0.4 is 10.2 Å². The van der Waals surface area contributed by atoms with Crippen molar-refractivity contribution in [1.29, 1.82) is 0 Å². The van der Waals surface area contributed by atoms with E-state index in [2.05, 4.69) is 36.4 Å². The second-order valence-electron chi connectivity index (χ2n) is 8.82. The van der Waals surface area contributed by atoms with Crippen LogP contribution in [0.4, 0.5) is 11.5 Å². The van der Waals surface area contributed by atoms with E-state index in [1.165, 1.54) is 0 Å². The highest BCUT2D eigenvalue weighted by atomic mass is 16.5. The quantitative estimate of drug-likeness (QED) is 0.330. The number of benzene rings is 2. The molecular formula is C28H26N6O2. The van der Waals surface area contributed by atoms with Crippen molar-refractivity contribution in [2.24, 2.45) is 0 Å². The molecule has 3 N–H and O–H groups in total. The Kier molecular flexibility index (Phi) is 5.93. The van der Waals surface area contributed by atoms with Crippen molar-refractivity contribution in [3.63, 3.8) is 0 Å². The van der Waals surface area contributed by atoms with Crippen molar-refractivity contribution in [3.05, 3.63) is 84.7 Å². The molecule has 0 bridgehead atoms. The van der Waals surface area contributed by atoms with Crippen LogP contribution in [-0.4, -0.2) is 52.4 Å². The maximum absolute atomic E-state index is 12.6. The summed E-state index contributed by atoms with van der Waals surface area (Å²) in [5, 5.41) is 11.4. The molecule has 0 saturated carbocycles. The van der Waals surface area contributed by atoms with Crippen LogP contribution in [0.2, 0.25) is 0 Å². The number of hydrogen-bond donors (Lipinski definition) is 3. The third-order valence-corrected chi connectivity index (χ3v) is 6.37. The number of fused-ring (bicyclic) bond motifs is 1. The first-order chi connectivity index (χ1) is 17.7. The highest BCUT2D eigenvalue weighted by Crippen LogP contribution is 2.30. The lowest BCUT2D eigenvalue weighted by Gasteiger charge is -2.28. The molecule has 6 rings (SSSR count). The van der Waals surface area contributed by atoms with Crippen LogP contribution in [0, 0.1) is 0 Å². The molecule has 0 radical (unpaired) electrons. The van der Waals surface area contributed by atoms with Crippen molar-refractivity contribution in [1.82, 2.24) is 20.2 Å². The fourth-order valence-corrected chi connectivity index (χ4v) is 4.54. The Hall–Kier alpha value is -4.43. The maximum atomic E-state index is 12.6. The van der Waals surface area contributed by atoms with Crippen LogP contribution in [0.1, 0.15) is 5.69 Å². The standard InChI is InChI=1S/C28H26N6O2/c35-27(17-22-16-26(33-32-22)19-4-2-1-3-5-19)30-21-8-6-20(7-9-21)25-18-23-24(31-25)10-11-29-28(23)34-12-14-36-15-13-34/h1-11,16,18,31H,12-15,17H2,(H,30,35)(H,32,33). The molecular weight excluding hydrogens is 452 g/mol. The van der Waals surface area contributed by atoms with Gasteiger partial charge in [-0.15, -0.1) is 0 Å². The van der Waals surface area contributed by atoms with E-state index in [9.17, 15) is 4.79 Å². The molecule has 5 aromatic rings. The number of aromatic nitrogens is 4. The maximum Gasteiger partial charge on any atom is 0.230 e. The molecule has 1 aliphatic rings. The Labute approximate surface area is 208 Å². The summed E-state index contributed by atoms with van der Waals surface area (Å²) < 4.78 is 5.49. The average Bonchev–Trinajstić information content (AvgIpc) is 3.57. The lowest BCUT2D eigenvalue weighted by molar-refractivity contribution is -0.115. The van der Waals surface area contributed by atoms with E-state index >= 15 is 0 Å². The summed E-state index contributed by atoms with van der Waals surface area (Å²) in [7, 11) is 0. The van der Waals surface area contributed by atoms with E-state index in [0.717, 1.165) is 76.9 Å². The molecule has 1 fully saturated rings. The molecule has 180 valence electrons. The van der Waals surface area contributed by atoms with Gasteiger partial charge in [-0.3, -0.25) is 9.89 Å². The first-order valence-corrected chi connectivity index (χ1v) is 12.0. The van der Waals surface area contributed by atoms with E-state index in [-0.39, 0.29) is 12.3 Å². The zero-order chi connectivity index (χ0) is 24.3. The number of carbonyl (C=O) groups excluding carboxylic acids is 1. The van der Waals surface area contributed by atoms with Crippen LogP contribution in [0.3, 0.4) is 0 Å². The minimum absolute atomic E-state index is 0.0992.